The van der Waals surface area contributed by atoms with Gasteiger partial charge in [0.2, 0.25) is 17.8 Å². The Bertz CT molecular complexity index is 949. The van der Waals surface area contributed by atoms with E-state index in [9.17, 15) is 14.4 Å². The highest BCUT2D eigenvalue weighted by Gasteiger charge is 2.26. The second-order valence-electron chi connectivity index (χ2n) is 9.38. The van der Waals surface area contributed by atoms with Crippen LogP contribution < -0.4 is 10.6 Å². The summed E-state index contributed by atoms with van der Waals surface area (Å²) in [6, 6.07) is 8.34. The molecule has 1 unspecified atom stereocenters. The van der Waals surface area contributed by atoms with E-state index in [0.717, 1.165) is 42.7 Å². The van der Waals surface area contributed by atoms with Gasteiger partial charge < -0.3 is 25.6 Å². The van der Waals surface area contributed by atoms with Crippen molar-refractivity contribution in [1.29, 1.82) is 0 Å². The Kier molecular flexibility index (Phi) is 7.47. The third kappa shape index (κ3) is 6.46. The lowest BCUT2D eigenvalue weighted by atomic mass is 9.86. The minimum atomic E-state index is -0.832. The highest BCUT2D eigenvalue weighted by molar-refractivity contribution is 5.85. The number of nitrogens with one attached hydrogen (secondary N) is 3. The number of nitrogens with zero attached hydrogens (tertiary/aromatic N) is 2. The maximum Gasteiger partial charge on any atom is 0.303 e. The Morgan fingerprint density at radius 3 is 2.64 bits per heavy atom. The molecule has 1 saturated heterocycles. The number of amides is 2. The number of para-hydroxylation sites is 2. The van der Waals surface area contributed by atoms with Crippen LogP contribution in [0.2, 0.25) is 0 Å². The third-order valence-electron chi connectivity index (χ3n) is 6.89. The molecule has 4 N–H and O–H groups in total. The number of carboxylic acids is 1. The summed E-state index contributed by atoms with van der Waals surface area (Å²) in [4.78, 5) is 45.2. The fourth-order valence-corrected chi connectivity index (χ4v) is 4.92. The van der Waals surface area contributed by atoms with Crippen LogP contribution in [0.3, 0.4) is 0 Å². The van der Waals surface area contributed by atoms with Crippen LogP contribution in [0.5, 0.6) is 0 Å². The number of carbonyl (C=O) groups is 3. The van der Waals surface area contributed by atoms with E-state index >= 15 is 0 Å². The molecule has 0 radical (unpaired) electrons. The van der Waals surface area contributed by atoms with Crippen LogP contribution in [0, 0.1) is 11.8 Å². The molecule has 2 heterocycles. The lowest BCUT2D eigenvalue weighted by Gasteiger charge is -2.29. The van der Waals surface area contributed by atoms with E-state index in [2.05, 4.69) is 20.6 Å². The monoisotopic (exact) mass is 455 g/mol. The SMILES string of the molecule is O=C(O)CC1CCC(=O)N(CC(=O)NCC2CCC(Nc3nc4ccccc4[nH]3)CC2)CC1. The van der Waals surface area contributed by atoms with Gasteiger partial charge in [-0.3, -0.25) is 14.4 Å². The normalized spacial score (nSPS) is 23.8. The quantitative estimate of drug-likeness (QED) is 0.485. The molecule has 9 heteroatoms. The molecule has 0 spiro atoms. The number of carboxylic acid groups (broad SMARTS) is 1. The molecule has 2 aliphatic rings. The maximum atomic E-state index is 12.4. The van der Waals surface area contributed by atoms with E-state index in [4.69, 9.17) is 5.11 Å². The van der Waals surface area contributed by atoms with Gasteiger partial charge in [-0.2, -0.15) is 0 Å². The number of hydrogen-bond donors (Lipinski definition) is 4. The maximum absolute atomic E-state index is 12.4. The third-order valence-corrected chi connectivity index (χ3v) is 6.89. The van der Waals surface area contributed by atoms with E-state index in [1.165, 1.54) is 0 Å². The average molecular weight is 456 g/mol. The largest absolute Gasteiger partial charge is 0.481 e. The van der Waals surface area contributed by atoms with Gasteiger partial charge in [-0.1, -0.05) is 12.1 Å². The molecule has 1 aliphatic heterocycles. The smallest absolute Gasteiger partial charge is 0.303 e. The number of imidazole rings is 1. The first kappa shape index (κ1) is 23.1. The first-order chi connectivity index (χ1) is 16.0. The van der Waals surface area contributed by atoms with Gasteiger partial charge in [0.1, 0.15) is 0 Å². The number of rotatable bonds is 8. The molecule has 1 atom stereocenters. The van der Waals surface area contributed by atoms with Crippen LogP contribution >= 0.6 is 0 Å². The van der Waals surface area contributed by atoms with Crippen LogP contribution in [0.4, 0.5) is 5.95 Å². The highest BCUT2D eigenvalue weighted by Crippen LogP contribution is 2.26. The van der Waals surface area contributed by atoms with E-state index in [1.807, 2.05) is 24.3 Å². The second-order valence-corrected chi connectivity index (χ2v) is 9.38. The number of fused-ring (bicyclic) bond motifs is 1. The molecule has 33 heavy (non-hydrogen) atoms. The summed E-state index contributed by atoms with van der Waals surface area (Å²) in [6.07, 6.45) is 5.70. The summed E-state index contributed by atoms with van der Waals surface area (Å²) in [5, 5.41) is 15.5. The Balaban J connectivity index is 1.16. The predicted molar refractivity (Wildman–Crippen MR) is 125 cm³/mol. The van der Waals surface area contributed by atoms with Gasteiger partial charge in [0.15, 0.2) is 0 Å². The molecular formula is C24H33N5O4. The van der Waals surface area contributed by atoms with Crippen molar-refractivity contribution in [3.05, 3.63) is 24.3 Å². The van der Waals surface area contributed by atoms with E-state index in [-0.39, 0.29) is 30.7 Å². The molecule has 9 nitrogen and oxygen atoms in total. The van der Waals surface area contributed by atoms with Crippen LogP contribution in [0.15, 0.2) is 24.3 Å². The number of aromatic nitrogens is 2. The topological polar surface area (TPSA) is 127 Å². The Hall–Kier alpha value is -3.10. The number of anilines is 1. The summed E-state index contributed by atoms with van der Waals surface area (Å²) >= 11 is 0. The zero-order valence-corrected chi connectivity index (χ0v) is 18.9. The molecule has 1 aliphatic carbocycles. The van der Waals surface area contributed by atoms with E-state index < -0.39 is 5.97 Å². The van der Waals surface area contributed by atoms with Crippen molar-refractivity contribution in [2.45, 2.75) is 57.4 Å². The standard InChI is InChI=1S/C24H33N5O4/c30-21(15-29-12-11-16(13-23(32)33)7-10-22(29)31)25-14-17-5-8-18(9-6-17)26-24-27-19-3-1-2-4-20(19)28-24/h1-4,16-18H,5-15H2,(H,25,30)(H,32,33)(H2,26,27,28). The van der Waals surface area contributed by atoms with E-state index in [1.54, 1.807) is 4.90 Å². The molecule has 1 aromatic carbocycles. The lowest BCUT2D eigenvalue weighted by Crippen LogP contribution is -2.42. The van der Waals surface area contributed by atoms with Crippen molar-refractivity contribution >= 4 is 34.8 Å². The molecule has 4 rings (SSSR count). The number of hydrogen-bond acceptors (Lipinski definition) is 5. The zero-order chi connectivity index (χ0) is 23.2. The Labute approximate surface area is 193 Å². The summed E-state index contributed by atoms with van der Waals surface area (Å²) in [5.74, 6) is 0.213. The zero-order valence-electron chi connectivity index (χ0n) is 18.9. The van der Waals surface area contributed by atoms with Crippen LogP contribution in [0.1, 0.15) is 51.4 Å². The van der Waals surface area contributed by atoms with Gasteiger partial charge in [0, 0.05) is 32.0 Å². The van der Waals surface area contributed by atoms with Gasteiger partial charge in [0.05, 0.1) is 17.6 Å². The minimum Gasteiger partial charge on any atom is -0.481 e. The molecule has 1 saturated carbocycles. The van der Waals surface area contributed by atoms with Crippen molar-refractivity contribution in [3.8, 4) is 0 Å². The molecule has 1 aromatic heterocycles. The number of benzene rings is 1. The molecule has 2 amide bonds. The fourth-order valence-electron chi connectivity index (χ4n) is 4.92. The predicted octanol–water partition coefficient (Wildman–Crippen LogP) is 2.75. The fraction of sp³-hybridized carbons (Fsp3) is 0.583. The van der Waals surface area contributed by atoms with Crippen molar-refractivity contribution in [2.75, 3.05) is 25.0 Å². The first-order valence-electron chi connectivity index (χ1n) is 11.9. The van der Waals surface area contributed by atoms with Crippen LogP contribution in [-0.4, -0.2) is 63.4 Å². The van der Waals surface area contributed by atoms with E-state index in [0.29, 0.717) is 44.3 Å². The summed E-state index contributed by atoms with van der Waals surface area (Å²) < 4.78 is 0. The first-order valence-corrected chi connectivity index (χ1v) is 11.9. The van der Waals surface area contributed by atoms with Crippen molar-refractivity contribution in [1.82, 2.24) is 20.2 Å². The minimum absolute atomic E-state index is 0.00266. The van der Waals surface area contributed by atoms with Gasteiger partial charge in [-0.25, -0.2) is 4.98 Å². The van der Waals surface area contributed by atoms with Gasteiger partial charge in [-0.15, -0.1) is 0 Å². The molecular weight excluding hydrogens is 422 g/mol. The van der Waals surface area contributed by atoms with Crippen molar-refractivity contribution in [2.24, 2.45) is 11.8 Å². The number of likely N-dealkylation sites (tertiary alicyclic amines) is 1. The molecule has 0 bridgehead atoms. The van der Waals surface area contributed by atoms with Gasteiger partial charge in [-0.05, 0) is 62.5 Å². The summed E-state index contributed by atoms with van der Waals surface area (Å²) in [6.45, 7) is 1.13. The van der Waals surface area contributed by atoms with Gasteiger partial charge >= 0.3 is 5.97 Å². The second kappa shape index (κ2) is 10.7. The van der Waals surface area contributed by atoms with Crippen molar-refractivity contribution in [3.63, 3.8) is 0 Å². The van der Waals surface area contributed by atoms with Crippen molar-refractivity contribution < 1.29 is 19.5 Å². The Morgan fingerprint density at radius 2 is 1.88 bits per heavy atom. The number of aliphatic carboxylic acids is 1. The lowest BCUT2D eigenvalue weighted by molar-refractivity contribution is -0.138. The highest BCUT2D eigenvalue weighted by atomic mass is 16.4. The number of aromatic amines is 1. The van der Waals surface area contributed by atoms with Crippen LogP contribution in [0.25, 0.3) is 11.0 Å². The molecule has 2 aromatic rings. The summed E-state index contributed by atoms with van der Waals surface area (Å²) in [7, 11) is 0. The number of H-pyrrole nitrogens is 1. The van der Waals surface area contributed by atoms with Crippen LogP contribution in [-0.2, 0) is 14.4 Å². The molecule has 2 fully saturated rings. The number of carbonyl (C=O) groups excluding carboxylic acids is 2. The Morgan fingerprint density at radius 1 is 1.09 bits per heavy atom. The van der Waals surface area contributed by atoms with Gasteiger partial charge in [0.25, 0.3) is 0 Å². The average Bonchev–Trinajstić information content (AvgIpc) is 3.13. The summed E-state index contributed by atoms with van der Waals surface area (Å²) in [5.41, 5.74) is 1.98. The molecule has 178 valence electrons.